The van der Waals surface area contributed by atoms with Gasteiger partial charge < -0.3 is 9.47 Å². The van der Waals surface area contributed by atoms with E-state index in [-0.39, 0.29) is 5.60 Å². The number of fused-ring (bicyclic) bond motifs is 1. The summed E-state index contributed by atoms with van der Waals surface area (Å²) in [7, 11) is 0. The highest BCUT2D eigenvalue weighted by Crippen LogP contribution is 2.37. The Hall–Kier alpha value is -0.970. The van der Waals surface area contributed by atoms with E-state index < -0.39 is 0 Å². The van der Waals surface area contributed by atoms with Gasteiger partial charge in [0.1, 0.15) is 0 Å². The van der Waals surface area contributed by atoms with E-state index in [1.165, 1.54) is 0 Å². The second-order valence-corrected chi connectivity index (χ2v) is 5.90. The monoisotopic (exact) mass is 285 g/mol. The minimum absolute atomic E-state index is 0.227. The van der Waals surface area contributed by atoms with Crippen molar-refractivity contribution in [3.05, 3.63) is 22.7 Å². The summed E-state index contributed by atoms with van der Waals surface area (Å²) in [5.74, 6) is 1.34. The fourth-order valence-corrected chi connectivity index (χ4v) is 2.01. The van der Waals surface area contributed by atoms with Gasteiger partial charge in [0.2, 0.25) is 0 Å². The molecule has 0 aromatic heterocycles. The quantitative estimate of drug-likeness (QED) is 0.865. The fraction of sp³-hybridized carbons (Fsp3) is 0.571. The number of hydroxylamine groups is 1. The van der Waals surface area contributed by atoms with Crippen molar-refractivity contribution in [1.82, 2.24) is 5.48 Å². The molecule has 1 N–H and O–H groups in total. The molecule has 0 saturated heterocycles. The largest absolute Gasteiger partial charge is 0.489 e. The number of benzene rings is 1. The number of hydrogen-bond acceptors (Lipinski definition) is 4. The highest BCUT2D eigenvalue weighted by molar-refractivity contribution is 6.32. The van der Waals surface area contributed by atoms with Gasteiger partial charge in [-0.25, -0.2) is 0 Å². The first-order valence-electron chi connectivity index (χ1n) is 6.44. The van der Waals surface area contributed by atoms with Crippen LogP contribution in [0.4, 0.5) is 0 Å². The van der Waals surface area contributed by atoms with Crippen molar-refractivity contribution >= 4 is 11.6 Å². The molecule has 5 heteroatoms. The smallest absolute Gasteiger partial charge is 0.179 e. The normalized spacial score (nSPS) is 15.2. The number of hydrogen-bond donors (Lipinski definition) is 1. The molecule has 1 aliphatic heterocycles. The van der Waals surface area contributed by atoms with Crippen LogP contribution in [0, 0.1) is 0 Å². The standard InChI is InChI=1S/C14H20ClNO3/c1-14(2,3)19-16-9-10-7-11(15)13-12(8-10)17-5-4-6-18-13/h7-8,16H,4-6,9H2,1-3H3. The molecule has 0 fully saturated rings. The maximum absolute atomic E-state index is 6.22. The first-order valence-corrected chi connectivity index (χ1v) is 6.82. The highest BCUT2D eigenvalue weighted by atomic mass is 35.5. The van der Waals surface area contributed by atoms with Crippen molar-refractivity contribution in [3.8, 4) is 11.5 Å². The van der Waals surface area contributed by atoms with Crippen LogP contribution >= 0.6 is 11.6 Å². The van der Waals surface area contributed by atoms with Gasteiger partial charge in [-0.1, -0.05) is 11.6 Å². The third-order valence-corrected chi connectivity index (χ3v) is 2.80. The van der Waals surface area contributed by atoms with Crippen LogP contribution < -0.4 is 15.0 Å². The number of halogens is 1. The first-order chi connectivity index (χ1) is 8.96. The Morgan fingerprint density at radius 3 is 2.74 bits per heavy atom. The summed E-state index contributed by atoms with van der Waals surface area (Å²) in [6.45, 7) is 7.81. The summed E-state index contributed by atoms with van der Waals surface area (Å²) in [5, 5.41) is 0.576. The van der Waals surface area contributed by atoms with Gasteiger partial charge in [-0.05, 0) is 38.5 Å². The van der Waals surface area contributed by atoms with Crippen molar-refractivity contribution in [2.45, 2.75) is 39.3 Å². The molecule has 2 rings (SSSR count). The molecular weight excluding hydrogens is 266 g/mol. The van der Waals surface area contributed by atoms with E-state index in [1.807, 2.05) is 32.9 Å². The molecule has 0 unspecified atom stereocenters. The summed E-state index contributed by atoms with van der Waals surface area (Å²) >= 11 is 6.22. The molecule has 19 heavy (non-hydrogen) atoms. The summed E-state index contributed by atoms with van der Waals surface area (Å²) < 4.78 is 11.2. The predicted molar refractivity (Wildman–Crippen MR) is 74.7 cm³/mol. The van der Waals surface area contributed by atoms with Gasteiger partial charge in [-0.15, -0.1) is 0 Å². The predicted octanol–water partition coefficient (Wildman–Crippen LogP) is 3.32. The molecule has 106 valence electrons. The molecule has 0 saturated carbocycles. The van der Waals surface area contributed by atoms with Gasteiger partial charge in [0.15, 0.2) is 11.5 Å². The van der Waals surface area contributed by atoms with Crippen molar-refractivity contribution in [2.75, 3.05) is 13.2 Å². The molecule has 0 radical (unpaired) electrons. The molecule has 0 spiro atoms. The molecule has 0 amide bonds. The van der Waals surface area contributed by atoms with Crippen LogP contribution in [0.1, 0.15) is 32.8 Å². The Labute approximate surface area is 118 Å². The van der Waals surface area contributed by atoms with Crippen molar-refractivity contribution in [3.63, 3.8) is 0 Å². The van der Waals surface area contributed by atoms with Crippen LogP contribution in [0.15, 0.2) is 12.1 Å². The molecule has 0 bridgehead atoms. The number of rotatable bonds is 3. The van der Waals surface area contributed by atoms with E-state index in [4.69, 9.17) is 25.9 Å². The molecule has 4 nitrogen and oxygen atoms in total. The Bertz CT molecular complexity index is 443. The van der Waals surface area contributed by atoms with Crippen LogP contribution in [0.5, 0.6) is 11.5 Å². The molecule has 1 aliphatic rings. The Morgan fingerprint density at radius 1 is 1.26 bits per heavy atom. The van der Waals surface area contributed by atoms with E-state index in [0.717, 1.165) is 12.0 Å². The topological polar surface area (TPSA) is 39.7 Å². The van der Waals surface area contributed by atoms with Gasteiger partial charge >= 0.3 is 0 Å². The van der Waals surface area contributed by atoms with Crippen LogP contribution in [0.25, 0.3) is 0 Å². The van der Waals surface area contributed by atoms with E-state index in [0.29, 0.717) is 36.3 Å². The van der Waals surface area contributed by atoms with Crippen molar-refractivity contribution in [1.29, 1.82) is 0 Å². The van der Waals surface area contributed by atoms with Gasteiger partial charge in [-0.2, -0.15) is 5.48 Å². The Kier molecular flexibility index (Phi) is 4.55. The summed E-state index contributed by atoms with van der Waals surface area (Å²) in [4.78, 5) is 5.48. The first kappa shape index (κ1) is 14.4. The maximum Gasteiger partial charge on any atom is 0.179 e. The van der Waals surface area contributed by atoms with E-state index >= 15 is 0 Å². The molecule has 0 aliphatic carbocycles. The molecule has 1 aromatic carbocycles. The molecule has 0 atom stereocenters. The SMILES string of the molecule is CC(C)(C)ONCc1cc(Cl)c2c(c1)OCCCO2. The Balaban J connectivity index is 2.06. The third-order valence-electron chi connectivity index (χ3n) is 2.52. The molecule has 1 aromatic rings. The minimum atomic E-state index is -0.227. The zero-order chi connectivity index (χ0) is 13.9. The lowest BCUT2D eigenvalue weighted by atomic mass is 10.2. The van der Waals surface area contributed by atoms with Crippen LogP contribution in [-0.4, -0.2) is 18.8 Å². The minimum Gasteiger partial charge on any atom is -0.489 e. The summed E-state index contributed by atoms with van der Waals surface area (Å²) in [5.41, 5.74) is 3.71. The van der Waals surface area contributed by atoms with Crippen molar-refractivity contribution < 1.29 is 14.3 Å². The van der Waals surface area contributed by atoms with Crippen LogP contribution in [0.2, 0.25) is 5.02 Å². The second kappa shape index (κ2) is 5.99. The number of nitrogens with one attached hydrogen (secondary N) is 1. The summed E-state index contributed by atoms with van der Waals surface area (Å²) in [6.07, 6.45) is 0.867. The average molecular weight is 286 g/mol. The van der Waals surface area contributed by atoms with Crippen LogP contribution in [0.3, 0.4) is 0 Å². The van der Waals surface area contributed by atoms with Gasteiger partial charge in [0.05, 0.1) is 23.8 Å². The zero-order valence-electron chi connectivity index (χ0n) is 11.6. The third kappa shape index (κ3) is 4.27. The Morgan fingerprint density at radius 2 is 2.00 bits per heavy atom. The van der Waals surface area contributed by atoms with E-state index in [2.05, 4.69) is 5.48 Å². The average Bonchev–Trinajstić information content (AvgIpc) is 2.52. The lowest BCUT2D eigenvalue weighted by Gasteiger charge is -2.19. The molecular formula is C14H20ClNO3. The van der Waals surface area contributed by atoms with Gasteiger partial charge in [-0.3, -0.25) is 4.84 Å². The van der Waals surface area contributed by atoms with Crippen LogP contribution in [-0.2, 0) is 11.4 Å². The van der Waals surface area contributed by atoms with Gasteiger partial charge in [0, 0.05) is 13.0 Å². The number of ether oxygens (including phenoxy) is 2. The zero-order valence-corrected chi connectivity index (χ0v) is 12.3. The fourth-order valence-electron chi connectivity index (χ4n) is 1.72. The molecule has 1 heterocycles. The van der Waals surface area contributed by atoms with Gasteiger partial charge in [0.25, 0.3) is 0 Å². The summed E-state index contributed by atoms with van der Waals surface area (Å²) in [6, 6.07) is 3.81. The lowest BCUT2D eigenvalue weighted by Crippen LogP contribution is -2.28. The maximum atomic E-state index is 6.22. The van der Waals surface area contributed by atoms with E-state index in [9.17, 15) is 0 Å². The van der Waals surface area contributed by atoms with Crippen molar-refractivity contribution in [2.24, 2.45) is 0 Å². The highest BCUT2D eigenvalue weighted by Gasteiger charge is 2.16. The van der Waals surface area contributed by atoms with E-state index in [1.54, 1.807) is 0 Å². The second-order valence-electron chi connectivity index (χ2n) is 5.49. The lowest BCUT2D eigenvalue weighted by molar-refractivity contribution is -0.0757.